The molecule has 96 valence electrons. The van der Waals surface area contributed by atoms with Gasteiger partial charge in [-0.3, -0.25) is 4.55 Å². The maximum atomic E-state index is 10.4. The number of rotatable bonds is 10. The lowest BCUT2D eigenvalue weighted by molar-refractivity contribution is 0.483. The van der Waals surface area contributed by atoms with E-state index < -0.39 is 10.1 Å². The molecule has 3 nitrogen and oxygen atoms in total. The van der Waals surface area contributed by atoms with Crippen molar-refractivity contribution in [2.24, 2.45) is 0 Å². The number of hydrogen-bond donors (Lipinski definition) is 1. The lowest BCUT2D eigenvalue weighted by Gasteiger charge is -1.97. The molecular formula is C12H24O3S. The molecule has 0 aliphatic heterocycles. The maximum Gasteiger partial charge on any atom is 0.265 e. The van der Waals surface area contributed by atoms with Gasteiger partial charge in [0.15, 0.2) is 0 Å². The van der Waals surface area contributed by atoms with Crippen LogP contribution in [0.2, 0.25) is 0 Å². The summed E-state index contributed by atoms with van der Waals surface area (Å²) in [5, 5.41) is 0. The van der Waals surface area contributed by atoms with E-state index in [2.05, 4.69) is 6.92 Å². The van der Waals surface area contributed by atoms with Crippen LogP contribution in [0.5, 0.6) is 0 Å². The fourth-order valence-corrected chi connectivity index (χ4v) is 1.93. The zero-order valence-electron chi connectivity index (χ0n) is 10.2. The van der Waals surface area contributed by atoms with Crippen LogP contribution in [0.15, 0.2) is 12.2 Å². The standard InChI is InChI=1S/C12H24O3S/c1-2-3-4-5-6-7-8-9-10-11-12-16(13,14)15/h9-10H,2-8,11-12H2,1H3,(H,13,14,15)/b10-9+. The summed E-state index contributed by atoms with van der Waals surface area (Å²) in [5.74, 6) is -0.167. The summed E-state index contributed by atoms with van der Waals surface area (Å²) in [7, 11) is -3.78. The first-order chi connectivity index (χ1) is 7.56. The Labute approximate surface area is 99.7 Å². The quantitative estimate of drug-likeness (QED) is 0.365. The largest absolute Gasteiger partial charge is 0.286 e. The SMILES string of the molecule is CCCCCCCC/C=C/CCS(=O)(=O)O. The third-order valence-electron chi connectivity index (χ3n) is 2.43. The zero-order valence-corrected chi connectivity index (χ0v) is 11.0. The highest BCUT2D eigenvalue weighted by atomic mass is 32.2. The van der Waals surface area contributed by atoms with Gasteiger partial charge in [0, 0.05) is 0 Å². The second-order valence-corrected chi connectivity index (χ2v) is 5.67. The van der Waals surface area contributed by atoms with Crippen LogP contribution in [0.1, 0.15) is 58.3 Å². The molecular weight excluding hydrogens is 224 g/mol. The van der Waals surface area contributed by atoms with Gasteiger partial charge in [0.1, 0.15) is 0 Å². The van der Waals surface area contributed by atoms with Gasteiger partial charge >= 0.3 is 0 Å². The minimum atomic E-state index is -3.78. The summed E-state index contributed by atoms with van der Waals surface area (Å²) < 4.78 is 29.3. The molecule has 0 spiro atoms. The zero-order chi connectivity index (χ0) is 12.3. The number of unbranched alkanes of at least 4 members (excludes halogenated alkanes) is 6. The molecule has 1 N–H and O–H groups in total. The van der Waals surface area contributed by atoms with E-state index in [9.17, 15) is 8.42 Å². The number of allylic oxidation sites excluding steroid dienone is 2. The molecule has 4 heteroatoms. The molecule has 0 aromatic heterocycles. The van der Waals surface area contributed by atoms with Gasteiger partial charge in [0.25, 0.3) is 10.1 Å². The highest BCUT2D eigenvalue weighted by Crippen LogP contribution is 2.07. The van der Waals surface area contributed by atoms with Crippen molar-refractivity contribution in [2.45, 2.75) is 58.3 Å². The monoisotopic (exact) mass is 248 g/mol. The molecule has 0 amide bonds. The Hall–Kier alpha value is -0.350. The second-order valence-electron chi connectivity index (χ2n) is 4.10. The van der Waals surface area contributed by atoms with Crippen LogP contribution in [0.3, 0.4) is 0 Å². The fraction of sp³-hybridized carbons (Fsp3) is 0.833. The molecule has 0 aromatic carbocycles. The molecule has 0 atom stereocenters. The smallest absolute Gasteiger partial charge is 0.265 e. The summed E-state index contributed by atoms with van der Waals surface area (Å²) in [6, 6.07) is 0. The first-order valence-electron chi connectivity index (χ1n) is 6.16. The first kappa shape index (κ1) is 15.7. The van der Waals surface area contributed by atoms with Crippen molar-refractivity contribution in [3.05, 3.63) is 12.2 Å². The Morgan fingerprint density at radius 2 is 1.50 bits per heavy atom. The third-order valence-corrected chi connectivity index (χ3v) is 3.19. The lowest BCUT2D eigenvalue weighted by atomic mass is 10.1. The average molecular weight is 248 g/mol. The van der Waals surface area contributed by atoms with Crippen LogP contribution in [0, 0.1) is 0 Å². The van der Waals surface area contributed by atoms with Crippen molar-refractivity contribution in [1.29, 1.82) is 0 Å². The van der Waals surface area contributed by atoms with Gasteiger partial charge in [-0.1, -0.05) is 51.2 Å². The van der Waals surface area contributed by atoms with E-state index in [0.717, 1.165) is 6.42 Å². The minimum Gasteiger partial charge on any atom is -0.286 e. The maximum absolute atomic E-state index is 10.4. The van der Waals surface area contributed by atoms with Gasteiger partial charge in [0.05, 0.1) is 5.75 Å². The summed E-state index contributed by atoms with van der Waals surface area (Å²) in [5.41, 5.74) is 0. The van der Waals surface area contributed by atoms with Crippen molar-refractivity contribution in [1.82, 2.24) is 0 Å². The van der Waals surface area contributed by atoms with Crippen molar-refractivity contribution >= 4 is 10.1 Å². The lowest BCUT2D eigenvalue weighted by Crippen LogP contribution is -2.01. The highest BCUT2D eigenvalue weighted by molar-refractivity contribution is 7.85. The van der Waals surface area contributed by atoms with Crippen LogP contribution in [0.4, 0.5) is 0 Å². The first-order valence-corrected chi connectivity index (χ1v) is 7.77. The third kappa shape index (κ3) is 13.7. The second kappa shape index (κ2) is 9.85. The minimum absolute atomic E-state index is 0.167. The molecule has 0 bridgehead atoms. The highest BCUT2D eigenvalue weighted by Gasteiger charge is 2.00. The molecule has 0 aliphatic rings. The molecule has 0 rings (SSSR count). The van der Waals surface area contributed by atoms with E-state index in [4.69, 9.17) is 4.55 Å². The van der Waals surface area contributed by atoms with E-state index >= 15 is 0 Å². The Kier molecular flexibility index (Phi) is 9.63. The van der Waals surface area contributed by atoms with Crippen molar-refractivity contribution < 1.29 is 13.0 Å². The van der Waals surface area contributed by atoms with Gasteiger partial charge in [-0.05, 0) is 19.3 Å². The topological polar surface area (TPSA) is 54.4 Å². The van der Waals surface area contributed by atoms with E-state index in [0.29, 0.717) is 6.42 Å². The van der Waals surface area contributed by atoms with Gasteiger partial charge in [0.2, 0.25) is 0 Å². The Morgan fingerprint density at radius 1 is 0.938 bits per heavy atom. The predicted octanol–water partition coefficient (Wildman–Crippen LogP) is 3.57. The fourth-order valence-electron chi connectivity index (χ4n) is 1.50. The van der Waals surface area contributed by atoms with E-state index in [-0.39, 0.29) is 5.75 Å². The molecule has 0 heterocycles. The molecule has 0 fully saturated rings. The van der Waals surface area contributed by atoms with E-state index in [1.807, 2.05) is 12.2 Å². The molecule has 0 saturated carbocycles. The van der Waals surface area contributed by atoms with Crippen LogP contribution in [-0.2, 0) is 10.1 Å². The van der Waals surface area contributed by atoms with Gasteiger partial charge in [-0.15, -0.1) is 0 Å². The average Bonchev–Trinajstić information content (AvgIpc) is 2.19. The molecule has 0 radical (unpaired) electrons. The summed E-state index contributed by atoms with van der Waals surface area (Å²) >= 11 is 0. The normalized spacial score (nSPS) is 12.4. The van der Waals surface area contributed by atoms with E-state index in [1.54, 1.807) is 0 Å². The van der Waals surface area contributed by atoms with Gasteiger partial charge in [-0.25, -0.2) is 0 Å². The van der Waals surface area contributed by atoms with Crippen molar-refractivity contribution in [3.8, 4) is 0 Å². The van der Waals surface area contributed by atoms with Crippen molar-refractivity contribution in [2.75, 3.05) is 5.75 Å². The molecule has 0 aliphatic carbocycles. The van der Waals surface area contributed by atoms with Gasteiger partial charge < -0.3 is 0 Å². The van der Waals surface area contributed by atoms with Crippen molar-refractivity contribution in [3.63, 3.8) is 0 Å². The molecule has 16 heavy (non-hydrogen) atoms. The molecule has 0 aromatic rings. The predicted molar refractivity (Wildman–Crippen MR) is 68.2 cm³/mol. The molecule has 0 unspecified atom stereocenters. The van der Waals surface area contributed by atoms with E-state index in [1.165, 1.54) is 38.5 Å². The van der Waals surface area contributed by atoms with Crippen LogP contribution in [0.25, 0.3) is 0 Å². The van der Waals surface area contributed by atoms with Crippen LogP contribution < -0.4 is 0 Å². The Bertz CT molecular complexity index is 268. The number of hydrogen-bond acceptors (Lipinski definition) is 2. The molecule has 0 saturated heterocycles. The summed E-state index contributed by atoms with van der Waals surface area (Å²) in [4.78, 5) is 0. The summed E-state index contributed by atoms with van der Waals surface area (Å²) in [6.07, 6.45) is 12.9. The summed E-state index contributed by atoms with van der Waals surface area (Å²) in [6.45, 7) is 2.21. The van der Waals surface area contributed by atoms with Gasteiger partial charge in [-0.2, -0.15) is 8.42 Å². The van der Waals surface area contributed by atoms with Crippen LogP contribution >= 0.6 is 0 Å². The Balaban J connectivity index is 3.22. The Morgan fingerprint density at radius 3 is 2.12 bits per heavy atom. The van der Waals surface area contributed by atoms with Crippen LogP contribution in [-0.4, -0.2) is 18.7 Å².